The number of hydrogen-bond donors (Lipinski definition) is 1. The van der Waals surface area contributed by atoms with Crippen molar-refractivity contribution in [2.24, 2.45) is 0 Å². The van der Waals surface area contributed by atoms with Crippen LogP contribution in [0.25, 0.3) is 0 Å². The molecule has 0 heterocycles. The largest absolute Gasteiger partial charge is 0.495 e. The van der Waals surface area contributed by atoms with Gasteiger partial charge in [-0.2, -0.15) is 43.9 Å². The van der Waals surface area contributed by atoms with Crippen LogP contribution in [0.15, 0.2) is 24.3 Å². The van der Waals surface area contributed by atoms with Crippen molar-refractivity contribution in [1.29, 1.82) is 0 Å². The molecule has 1 aromatic carbocycles. The Balaban J connectivity index is 2.70. The van der Waals surface area contributed by atoms with Crippen LogP contribution in [0, 0.1) is 0 Å². The van der Waals surface area contributed by atoms with Gasteiger partial charge in [-0.1, -0.05) is 12.1 Å². The van der Waals surface area contributed by atoms with Crippen LogP contribution in [0.2, 0.25) is 0 Å². The Morgan fingerprint density at radius 2 is 1.14 bits per heavy atom. The van der Waals surface area contributed by atoms with Crippen molar-refractivity contribution in [1.82, 2.24) is 0 Å². The second-order valence-electron chi connectivity index (χ2n) is 5.68. The van der Waals surface area contributed by atoms with E-state index in [4.69, 9.17) is 0 Å². The van der Waals surface area contributed by atoms with E-state index in [9.17, 15) is 53.1 Å². The smallest absolute Gasteiger partial charge is 0.384 e. The highest BCUT2D eigenvalue weighted by Crippen LogP contribution is 2.69. The average molecular weight is 431 g/mol. The predicted molar refractivity (Wildman–Crippen MR) is 70.2 cm³/mol. The predicted octanol–water partition coefficient (Wildman–Crippen LogP) is 4.53. The van der Waals surface area contributed by atoms with E-state index in [1.807, 2.05) is 0 Å². The number of carbonyl (C=O) groups is 1. The highest BCUT2D eigenvalue weighted by molar-refractivity contribution is 6.00. The lowest BCUT2D eigenvalue weighted by Crippen LogP contribution is -2.86. The Morgan fingerprint density at radius 1 is 0.750 bits per heavy atom. The van der Waals surface area contributed by atoms with Gasteiger partial charge < -0.3 is 10.1 Å². The maximum absolute atomic E-state index is 14.5. The van der Waals surface area contributed by atoms with Gasteiger partial charge >= 0.3 is 35.3 Å². The van der Waals surface area contributed by atoms with Crippen molar-refractivity contribution in [3.63, 3.8) is 0 Å². The molecule has 2 rings (SSSR count). The van der Waals surface area contributed by atoms with Crippen LogP contribution in [0.3, 0.4) is 0 Å². The SMILES string of the molecule is COc1ccccc1NC(=O)C1(F)C(F)(F)C(F)(F)C(F)(F)C(F)(F)C1(F)F. The molecule has 1 aromatic rings. The molecule has 0 radical (unpaired) electrons. The van der Waals surface area contributed by atoms with E-state index in [2.05, 4.69) is 4.74 Å². The standard InChI is InChI=1S/C14H8F11NO2/c1-28-7-5-3-2-4-6(7)26-8(27)9(15)10(16,17)12(20,21)14(24,25)13(22,23)11(9,18)19/h2-5H,1H3,(H,26,27). The molecule has 0 spiro atoms. The lowest BCUT2D eigenvalue weighted by Gasteiger charge is -2.51. The summed E-state index contributed by atoms with van der Waals surface area (Å²) in [5.41, 5.74) is -7.61. The molecule has 0 bridgehead atoms. The summed E-state index contributed by atoms with van der Waals surface area (Å²) in [7, 11) is 0.906. The van der Waals surface area contributed by atoms with Gasteiger partial charge in [-0.15, -0.1) is 0 Å². The van der Waals surface area contributed by atoms with Gasteiger partial charge in [0.1, 0.15) is 5.75 Å². The third-order valence-electron chi connectivity index (χ3n) is 4.11. The van der Waals surface area contributed by atoms with Gasteiger partial charge in [-0.05, 0) is 12.1 Å². The highest BCUT2D eigenvalue weighted by Gasteiger charge is 3.02. The molecule has 3 nitrogen and oxygen atoms in total. The number of carbonyl (C=O) groups excluding carboxylic acids is 1. The van der Waals surface area contributed by atoms with Gasteiger partial charge in [-0.3, -0.25) is 4.79 Å². The summed E-state index contributed by atoms with van der Waals surface area (Å²) in [6.45, 7) is 0. The number of halogens is 11. The normalized spacial score (nSPS) is 25.6. The van der Waals surface area contributed by atoms with E-state index in [0.29, 0.717) is 0 Å². The molecule has 1 fully saturated rings. The molecule has 1 aliphatic rings. The number of anilines is 1. The van der Waals surface area contributed by atoms with E-state index in [1.54, 1.807) is 0 Å². The minimum Gasteiger partial charge on any atom is -0.495 e. The lowest BCUT2D eigenvalue weighted by atomic mass is 9.71. The second-order valence-corrected chi connectivity index (χ2v) is 5.68. The molecular weight excluding hydrogens is 423 g/mol. The quantitative estimate of drug-likeness (QED) is 0.715. The number of benzene rings is 1. The number of nitrogens with one attached hydrogen (secondary N) is 1. The number of ether oxygens (including phenoxy) is 1. The molecular formula is C14H8F11NO2. The topological polar surface area (TPSA) is 38.3 Å². The molecule has 0 atom stereocenters. The fourth-order valence-electron chi connectivity index (χ4n) is 2.46. The Kier molecular flexibility index (Phi) is 4.61. The Labute approximate surface area is 148 Å². The number of methoxy groups -OCH3 is 1. The van der Waals surface area contributed by atoms with E-state index < -0.39 is 52.6 Å². The van der Waals surface area contributed by atoms with Crippen molar-refractivity contribution in [2.75, 3.05) is 12.4 Å². The van der Waals surface area contributed by atoms with Gasteiger partial charge in [0.15, 0.2) is 0 Å². The van der Waals surface area contributed by atoms with Crippen LogP contribution in [-0.2, 0) is 4.79 Å². The van der Waals surface area contributed by atoms with Crippen molar-refractivity contribution in [2.45, 2.75) is 35.3 Å². The molecule has 0 aliphatic heterocycles. The first-order chi connectivity index (χ1) is 12.4. The monoisotopic (exact) mass is 431 g/mol. The van der Waals surface area contributed by atoms with Crippen molar-refractivity contribution in [3.8, 4) is 5.75 Å². The van der Waals surface area contributed by atoms with E-state index >= 15 is 0 Å². The molecule has 1 N–H and O–H groups in total. The number of rotatable bonds is 3. The van der Waals surface area contributed by atoms with Gasteiger partial charge in [0.25, 0.3) is 5.91 Å². The fourth-order valence-corrected chi connectivity index (χ4v) is 2.46. The Morgan fingerprint density at radius 3 is 1.57 bits per heavy atom. The molecule has 0 saturated heterocycles. The summed E-state index contributed by atoms with van der Waals surface area (Å²) < 4.78 is 154. The van der Waals surface area contributed by atoms with Crippen LogP contribution in [0.1, 0.15) is 0 Å². The third-order valence-corrected chi connectivity index (χ3v) is 4.11. The zero-order chi connectivity index (χ0) is 22.0. The van der Waals surface area contributed by atoms with Crippen LogP contribution < -0.4 is 10.1 Å². The molecule has 1 aliphatic carbocycles. The molecule has 28 heavy (non-hydrogen) atoms. The average Bonchev–Trinajstić information content (AvgIpc) is 2.59. The second kappa shape index (κ2) is 5.86. The van der Waals surface area contributed by atoms with Gasteiger partial charge in [0.05, 0.1) is 12.8 Å². The van der Waals surface area contributed by atoms with Gasteiger partial charge in [-0.25, -0.2) is 4.39 Å². The number of alkyl halides is 11. The van der Waals surface area contributed by atoms with Gasteiger partial charge in [0, 0.05) is 0 Å². The van der Waals surface area contributed by atoms with E-state index in [1.165, 1.54) is 6.07 Å². The summed E-state index contributed by atoms with van der Waals surface area (Å²) in [5.74, 6) is -40.4. The first-order valence-corrected chi connectivity index (χ1v) is 6.97. The van der Waals surface area contributed by atoms with Gasteiger partial charge in [0.2, 0.25) is 0 Å². The van der Waals surface area contributed by atoms with Crippen molar-refractivity contribution in [3.05, 3.63) is 24.3 Å². The van der Waals surface area contributed by atoms with Crippen molar-refractivity contribution < 1.29 is 57.8 Å². The summed E-state index contributed by atoms with van der Waals surface area (Å²) >= 11 is 0. The maximum Gasteiger partial charge on any atom is 0.384 e. The molecule has 0 aromatic heterocycles. The summed E-state index contributed by atoms with van der Waals surface area (Å²) in [6.07, 6.45) is 0. The van der Waals surface area contributed by atoms with E-state index in [0.717, 1.165) is 30.6 Å². The molecule has 158 valence electrons. The Bertz CT molecular complexity index is 763. The fraction of sp³-hybridized carbons (Fsp3) is 0.500. The Hall–Kier alpha value is -2.28. The van der Waals surface area contributed by atoms with Crippen molar-refractivity contribution >= 4 is 11.6 Å². The lowest BCUT2D eigenvalue weighted by molar-refractivity contribution is -0.475. The zero-order valence-corrected chi connectivity index (χ0v) is 13.3. The minimum atomic E-state index is -7.38. The molecule has 1 amide bonds. The van der Waals surface area contributed by atoms with Crippen LogP contribution in [0.4, 0.5) is 54.0 Å². The highest BCUT2D eigenvalue weighted by atomic mass is 19.4. The molecule has 14 heteroatoms. The summed E-state index contributed by atoms with van der Waals surface area (Å²) in [5, 5.41) is 0.975. The number of hydrogen-bond acceptors (Lipinski definition) is 2. The molecule has 1 saturated carbocycles. The third kappa shape index (κ3) is 2.19. The van der Waals surface area contributed by atoms with E-state index in [-0.39, 0.29) is 0 Å². The van der Waals surface area contributed by atoms with Crippen LogP contribution in [-0.4, -0.2) is 48.3 Å². The first kappa shape index (κ1) is 22.0. The van der Waals surface area contributed by atoms with Crippen LogP contribution in [0.5, 0.6) is 5.75 Å². The molecule has 0 unspecified atom stereocenters. The number of amides is 1. The van der Waals surface area contributed by atoms with Crippen LogP contribution >= 0.6 is 0 Å². The number of para-hydroxylation sites is 2. The maximum atomic E-state index is 14.5. The first-order valence-electron chi connectivity index (χ1n) is 6.97. The zero-order valence-electron chi connectivity index (χ0n) is 13.3. The summed E-state index contributed by atoms with van der Waals surface area (Å²) in [6, 6.07) is 3.89. The minimum absolute atomic E-state index is 0.495. The summed E-state index contributed by atoms with van der Waals surface area (Å²) in [4.78, 5) is 11.8.